The fourth-order valence-corrected chi connectivity index (χ4v) is 5.23. The van der Waals surface area contributed by atoms with Crippen LogP contribution in [0.4, 0.5) is 5.69 Å². The van der Waals surface area contributed by atoms with E-state index in [2.05, 4.69) is 35.8 Å². The number of nitrogens with one attached hydrogen (secondary N) is 1. The molecular weight excluding hydrogens is 454 g/mol. The number of nitrogens with zero attached hydrogens (tertiary/aromatic N) is 4. The van der Waals surface area contributed by atoms with Crippen LogP contribution in [0.3, 0.4) is 0 Å². The van der Waals surface area contributed by atoms with E-state index in [1.54, 1.807) is 16.8 Å². The van der Waals surface area contributed by atoms with E-state index in [4.69, 9.17) is 0 Å². The van der Waals surface area contributed by atoms with Crippen LogP contribution in [-0.4, -0.2) is 46.5 Å². The molecule has 0 amide bonds. The molecule has 7 nitrogen and oxygen atoms in total. The fraction of sp³-hybridized carbons (Fsp3) is 0.300. The van der Waals surface area contributed by atoms with E-state index in [0.717, 1.165) is 27.1 Å². The number of aromatic nitrogens is 3. The molecule has 0 aliphatic carbocycles. The predicted molar refractivity (Wildman–Crippen MR) is 116 cm³/mol. The number of halogens is 1. The molecule has 1 atom stereocenters. The number of fused-ring (bicyclic) bond motifs is 1. The first kappa shape index (κ1) is 20.1. The minimum absolute atomic E-state index is 0.245. The number of sulfonamides is 1. The van der Waals surface area contributed by atoms with Crippen molar-refractivity contribution in [2.24, 2.45) is 0 Å². The number of hydrogen-bond acceptors (Lipinski definition) is 5. The third-order valence-corrected chi connectivity index (χ3v) is 6.82. The quantitative estimate of drug-likeness (QED) is 0.613. The molecule has 1 aromatic carbocycles. The van der Waals surface area contributed by atoms with E-state index >= 15 is 0 Å². The Morgan fingerprint density at radius 2 is 2.07 bits per heavy atom. The second-order valence-corrected chi connectivity index (χ2v) is 10.1. The molecule has 0 spiro atoms. The summed E-state index contributed by atoms with van der Waals surface area (Å²) in [4.78, 5) is 14.0. The molecule has 0 unspecified atom stereocenters. The Bertz CT molecular complexity index is 1070. The minimum Gasteiger partial charge on any atom is -0.364 e. The molecule has 9 heteroatoms. The van der Waals surface area contributed by atoms with Gasteiger partial charge in [0.15, 0.2) is 0 Å². The van der Waals surface area contributed by atoms with Gasteiger partial charge < -0.3 is 9.88 Å². The molecule has 1 aliphatic heterocycles. The van der Waals surface area contributed by atoms with E-state index in [1.807, 2.05) is 42.6 Å². The highest BCUT2D eigenvalue weighted by Crippen LogP contribution is 2.32. The van der Waals surface area contributed by atoms with Gasteiger partial charge in [-0.15, -0.1) is 0 Å². The molecule has 0 saturated carbocycles. The normalized spacial score (nSPS) is 17.7. The van der Waals surface area contributed by atoms with Crippen molar-refractivity contribution in [3.8, 4) is 0 Å². The lowest BCUT2D eigenvalue weighted by molar-refractivity contribution is 0.318. The Labute approximate surface area is 179 Å². The SMILES string of the molecule is CS(=O)(=O)N1Cc2cc(Br)ccc2N(Cc2c[nH]cn2)C[C@H]1Cc1ccccn1. The highest BCUT2D eigenvalue weighted by atomic mass is 79.9. The van der Waals surface area contributed by atoms with Gasteiger partial charge in [0.2, 0.25) is 10.0 Å². The van der Waals surface area contributed by atoms with Gasteiger partial charge in [0, 0.05) is 53.8 Å². The smallest absolute Gasteiger partial charge is 0.211 e. The molecule has 0 radical (unpaired) electrons. The summed E-state index contributed by atoms with van der Waals surface area (Å²) >= 11 is 3.52. The van der Waals surface area contributed by atoms with Gasteiger partial charge in [-0.05, 0) is 35.9 Å². The lowest BCUT2D eigenvalue weighted by Crippen LogP contribution is -2.45. The summed E-state index contributed by atoms with van der Waals surface area (Å²) in [5, 5.41) is 0. The number of H-pyrrole nitrogens is 1. The molecule has 0 fully saturated rings. The monoisotopic (exact) mass is 475 g/mol. The molecule has 3 aromatic rings. The first-order chi connectivity index (χ1) is 13.9. The third-order valence-electron chi connectivity index (χ3n) is 5.05. The summed E-state index contributed by atoms with van der Waals surface area (Å²) in [6, 6.07) is 11.5. The largest absolute Gasteiger partial charge is 0.364 e. The van der Waals surface area contributed by atoms with Crippen molar-refractivity contribution in [3.63, 3.8) is 0 Å². The van der Waals surface area contributed by atoms with Gasteiger partial charge in [0.25, 0.3) is 0 Å². The Morgan fingerprint density at radius 3 is 2.76 bits per heavy atom. The van der Waals surface area contributed by atoms with Crippen LogP contribution in [0.5, 0.6) is 0 Å². The number of pyridine rings is 1. The van der Waals surface area contributed by atoms with Crippen molar-refractivity contribution >= 4 is 31.6 Å². The summed E-state index contributed by atoms with van der Waals surface area (Å²) in [5.41, 5.74) is 3.76. The molecule has 4 rings (SSSR count). The summed E-state index contributed by atoms with van der Waals surface area (Å²) in [6.07, 6.45) is 7.08. The molecular formula is C20H22BrN5O2S. The van der Waals surface area contributed by atoms with Crippen LogP contribution in [0.2, 0.25) is 0 Å². The molecule has 0 bridgehead atoms. The van der Waals surface area contributed by atoms with Crippen LogP contribution >= 0.6 is 15.9 Å². The maximum atomic E-state index is 12.7. The van der Waals surface area contributed by atoms with Gasteiger partial charge in [-0.25, -0.2) is 13.4 Å². The molecule has 2 aromatic heterocycles. The van der Waals surface area contributed by atoms with Crippen LogP contribution in [-0.2, 0) is 29.5 Å². The first-order valence-corrected chi connectivity index (χ1v) is 11.9. The Kier molecular flexibility index (Phi) is 5.71. The Hall–Kier alpha value is -2.23. The van der Waals surface area contributed by atoms with Crippen LogP contribution in [0.25, 0.3) is 0 Å². The first-order valence-electron chi connectivity index (χ1n) is 9.28. The fourth-order valence-electron chi connectivity index (χ4n) is 3.77. The Morgan fingerprint density at radius 1 is 1.21 bits per heavy atom. The second-order valence-electron chi connectivity index (χ2n) is 7.20. The predicted octanol–water partition coefficient (Wildman–Crippen LogP) is 2.96. The topological polar surface area (TPSA) is 82.2 Å². The van der Waals surface area contributed by atoms with Gasteiger partial charge in [-0.1, -0.05) is 22.0 Å². The molecule has 3 heterocycles. The Balaban J connectivity index is 1.75. The summed E-state index contributed by atoms with van der Waals surface area (Å²) in [5.74, 6) is 0. The van der Waals surface area contributed by atoms with Crippen LogP contribution in [0.15, 0.2) is 59.6 Å². The summed E-state index contributed by atoms with van der Waals surface area (Å²) in [7, 11) is -3.42. The number of imidazole rings is 1. The molecule has 0 saturated heterocycles. The zero-order valence-corrected chi connectivity index (χ0v) is 18.4. The van der Waals surface area contributed by atoms with Crippen molar-refractivity contribution in [1.29, 1.82) is 0 Å². The average molecular weight is 476 g/mol. The highest BCUT2D eigenvalue weighted by molar-refractivity contribution is 9.10. The summed E-state index contributed by atoms with van der Waals surface area (Å²) in [6.45, 7) is 1.46. The number of hydrogen-bond donors (Lipinski definition) is 1. The maximum Gasteiger partial charge on any atom is 0.211 e. The molecule has 1 aliphatic rings. The lowest BCUT2D eigenvalue weighted by atomic mass is 10.1. The highest BCUT2D eigenvalue weighted by Gasteiger charge is 2.33. The van der Waals surface area contributed by atoms with Crippen LogP contribution in [0, 0.1) is 0 Å². The van der Waals surface area contributed by atoms with E-state index in [-0.39, 0.29) is 6.04 Å². The van der Waals surface area contributed by atoms with Gasteiger partial charge >= 0.3 is 0 Å². The number of rotatable bonds is 5. The third kappa shape index (κ3) is 4.68. The standard InChI is InChI=1S/C20H22BrN5O2S/c1-29(27,28)26-11-15-8-16(21)5-6-20(15)25(12-18-10-22-14-24-18)13-19(26)9-17-4-2-3-7-23-17/h2-8,10,14,19H,9,11-13H2,1H3,(H,22,24)/t19-/m1/s1. The maximum absolute atomic E-state index is 12.7. The zero-order valence-electron chi connectivity index (χ0n) is 16.0. The lowest BCUT2D eigenvalue weighted by Gasteiger charge is -2.31. The molecule has 152 valence electrons. The van der Waals surface area contributed by atoms with Gasteiger partial charge in [-0.2, -0.15) is 4.31 Å². The van der Waals surface area contributed by atoms with Crippen molar-refractivity contribution in [3.05, 3.63) is 76.5 Å². The van der Waals surface area contributed by atoms with Crippen molar-refractivity contribution in [2.75, 3.05) is 17.7 Å². The number of aromatic amines is 1. The zero-order chi connectivity index (χ0) is 20.4. The van der Waals surface area contributed by atoms with Crippen molar-refractivity contribution in [2.45, 2.75) is 25.6 Å². The van der Waals surface area contributed by atoms with Gasteiger partial charge in [-0.3, -0.25) is 4.98 Å². The number of benzene rings is 1. The van der Waals surface area contributed by atoms with E-state index < -0.39 is 10.0 Å². The van der Waals surface area contributed by atoms with Crippen molar-refractivity contribution < 1.29 is 8.42 Å². The molecule has 29 heavy (non-hydrogen) atoms. The second kappa shape index (κ2) is 8.25. The van der Waals surface area contributed by atoms with E-state index in [9.17, 15) is 8.42 Å². The number of anilines is 1. The van der Waals surface area contributed by atoms with Gasteiger partial charge in [0.1, 0.15) is 0 Å². The summed E-state index contributed by atoms with van der Waals surface area (Å²) < 4.78 is 28.0. The molecule has 1 N–H and O–H groups in total. The minimum atomic E-state index is -3.42. The van der Waals surface area contributed by atoms with Crippen LogP contribution < -0.4 is 4.90 Å². The van der Waals surface area contributed by atoms with Crippen molar-refractivity contribution in [1.82, 2.24) is 19.3 Å². The van der Waals surface area contributed by atoms with E-state index in [0.29, 0.717) is 26.1 Å². The average Bonchev–Trinajstić information content (AvgIpc) is 3.13. The van der Waals surface area contributed by atoms with Gasteiger partial charge in [0.05, 0.1) is 24.8 Å². The van der Waals surface area contributed by atoms with E-state index in [1.165, 1.54) is 6.26 Å². The van der Waals surface area contributed by atoms with Crippen LogP contribution in [0.1, 0.15) is 17.0 Å².